The first-order chi connectivity index (χ1) is 11.7. The van der Waals surface area contributed by atoms with Gasteiger partial charge in [0, 0.05) is 0 Å². The van der Waals surface area contributed by atoms with E-state index in [4.69, 9.17) is 4.74 Å². The summed E-state index contributed by atoms with van der Waals surface area (Å²) in [6, 6.07) is 7.53. The lowest BCUT2D eigenvalue weighted by Gasteiger charge is -2.37. The monoisotopic (exact) mass is 348 g/mol. The minimum atomic E-state index is -0.699. The Balaban J connectivity index is 2.11. The summed E-state index contributed by atoms with van der Waals surface area (Å²) in [6.07, 6.45) is 0.445. The van der Waals surface area contributed by atoms with Crippen LogP contribution in [0.2, 0.25) is 0 Å². The lowest BCUT2D eigenvalue weighted by atomic mass is 9.82. The van der Waals surface area contributed by atoms with Crippen molar-refractivity contribution in [3.8, 4) is 0 Å². The largest absolute Gasteiger partial charge is 0.444 e. The van der Waals surface area contributed by atoms with E-state index in [9.17, 15) is 9.90 Å². The molecule has 1 aromatic rings. The van der Waals surface area contributed by atoms with Gasteiger partial charge in [-0.3, -0.25) is 0 Å². The molecule has 1 aromatic carbocycles. The first-order valence-corrected chi connectivity index (χ1v) is 9.16. The number of carbonyl (C=O) groups is 1. The quantitative estimate of drug-likeness (QED) is 0.764. The number of carbonyl (C=O) groups excluding carboxylic acids is 1. The highest BCUT2D eigenvalue weighted by atomic mass is 16.6. The third kappa shape index (κ3) is 5.72. The number of alkyl carbamates (subject to hydrolysis) is 1. The molecule has 0 heterocycles. The molecular formula is C20H32N2O3. The number of benzene rings is 1. The van der Waals surface area contributed by atoms with Gasteiger partial charge in [-0.2, -0.15) is 0 Å². The Bertz CT molecular complexity index is 581. The van der Waals surface area contributed by atoms with E-state index in [1.54, 1.807) is 0 Å². The zero-order chi connectivity index (χ0) is 18.6. The van der Waals surface area contributed by atoms with Crippen molar-refractivity contribution in [3.05, 3.63) is 35.4 Å². The maximum Gasteiger partial charge on any atom is 0.407 e. The Labute approximate surface area is 151 Å². The summed E-state index contributed by atoms with van der Waals surface area (Å²) in [5.74, 6) is 0.596. The summed E-state index contributed by atoms with van der Waals surface area (Å²) in [4.78, 5) is 12.1. The Morgan fingerprint density at radius 1 is 1.32 bits per heavy atom. The molecular weight excluding hydrogens is 316 g/mol. The van der Waals surface area contributed by atoms with Crippen LogP contribution in [-0.4, -0.2) is 35.5 Å². The van der Waals surface area contributed by atoms with Gasteiger partial charge in [0.25, 0.3) is 0 Å². The molecule has 0 bridgehead atoms. The van der Waals surface area contributed by atoms with Crippen molar-refractivity contribution >= 4 is 6.09 Å². The molecule has 0 spiro atoms. The number of hydrogen-bond donors (Lipinski definition) is 3. The summed E-state index contributed by atoms with van der Waals surface area (Å²) < 4.78 is 5.34. The first kappa shape index (κ1) is 19.7. The van der Waals surface area contributed by atoms with Gasteiger partial charge in [0.2, 0.25) is 0 Å². The molecule has 0 saturated heterocycles. The van der Waals surface area contributed by atoms with E-state index in [-0.39, 0.29) is 12.1 Å². The fourth-order valence-corrected chi connectivity index (χ4v) is 3.15. The van der Waals surface area contributed by atoms with Crippen molar-refractivity contribution in [2.45, 2.75) is 71.2 Å². The van der Waals surface area contributed by atoms with Crippen LogP contribution in [0.25, 0.3) is 0 Å². The average molecular weight is 348 g/mol. The topological polar surface area (TPSA) is 70.6 Å². The molecule has 5 heteroatoms. The van der Waals surface area contributed by atoms with Crippen LogP contribution >= 0.6 is 0 Å². The second-order valence-corrected chi connectivity index (χ2v) is 8.26. The molecule has 1 aliphatic carbocycles. The van der Waals surface area contributed by atoms with Crippen LogP contribution in [-0.2, 0) is 11.2 Å². The third-order valence-corrected chi connectivity index (χ3v) is 4.37. The standard InChI is InChI=1S/C20H32N2O3/c1-13(2)10-11-21-17-15-9-7-6-8-14(15)12-16(18(17)23)22-19(24)25-20(3,4)5/h6-9,13,16-18,21,23H,10-12H2,1-5H3,(H,22,24)/t16-,17+,18-/m1/s1. The van der Waals surface area contributed by atoms with Crippen LogP contribution in [0.5, 0.6) is 0 Å². The van der Waals surface area contributed by atoms with E-state index >= 15 is 0 Å². The summed E-state index contributed by atoms with van der Waals surface area (Å²) in [6.45, 7) is 10.7. The maximum absolute atomic E-state index is 12.1. The highest BCUT2D eigenvalue weighted by Crippen LogP contribution is 2.30. The number of amides is 1. The van der Waals surface area contributed by atoms with Crippen molar-refractivity contribution in [2.75, 3.05) is 6.54 Å². The van der Waals surface area contributed by atoms with Crippen molar-refractivity contribution < 1.29 is 14.6 Å². The molecule has 1 amide bonds. The molecule has 0 aromatic heterocycles. The van der Waals surface area contributed by atoms with Crippen molar-refractivity contribution in [1.29, 1.82) is 0 Å². The normalized spacial score (nSPS) is 23.2. The molecule has 140 valence electrons. The average Bonchev–Trinajstić information content (AvgIpc) is 2.48. The van der Waals surface area contributed by atoms with E-state index in [0.29, 0.717) is 12.3 Å². The molecule has 5 nitrogen and oxygen atoms in total. The first-order valence-electron chi connectivity index (χ1n) is 9.16. The Morgan fingerprint density at radius 2 is 2.00 bits per heavy atom. The Morgan fingerprint density at radius 3 is 2.64 bits per heavy atom. The summed E-state index contributed by atoms with van der Waals surface area (Å²) in [7, 11) is 0. The van der Waals surface area contributed by atoms with Crippen LogP contribution in [0.1, 0.15) is 58.2 Å². The summed E-state index contributed by atoms with van der Waals surface area (Å²) in [5.41, 5.74) is 1.70. The number of fused-ring (bicyclic) bond motifs is 1. The molecule has 3 atom stereocenters. The maximum atomic E-state index is 12.1. The van der Waals surface area contributed by atoms with Gasteiger partial charge in [-0.1, -0.05) is 38.1 Å². The van der Waals surface area contributed by atoms with E-state index in [1.165, 1.54) is 0 Å². The predicted octanol–water partition coefficient (Wildman–Crippen LogP) is 3.17. The number of rotatable bonds is 5. The van der Waals surface area contributed by atoms with Crippen molar-refractivity contribution in [3.63, 3.8) is 0 Å². The number of aliphatic hydroxyl groups excluding tert-OH is 1. The molecule has 2 rings (SSSR count). The van der Waals surface area contributed by atoms with Crippen LogP contribution in [0.4, 0.5) is 4.79 Å². The van der Waals surface area contributed by atoms with Crippen LogP contribution in [0, 0.1) is 5.92 Å². The van der Waals surface area contributed by atoms with Crippen molar-refractivity contribution in [2.24, 2.45) is 5.92 Å². The van der Waals surface area contributed by atoms with Gasteiger partial charge in [0.1, 0.15) is 5.60 Å². The number of aliphatic hydroxyl groups is 1. The van der Waals surface area contributed by atoms with Crippen molar-refractivity contribution in [1.82, 2.24) is 10.6 Å². The van der Waals surface area contributed by atoms with E-state index in [1.807, 2.05) is 32.9 Å². The highest BCUT2D eigenvalue weighted by Gasteiger charge is 2.36. The second-order valence-electron chi connectivity index (χ2n) is 8.26. The third-order valence-electron chi connectivity index (χ3n) is 4.37. The van der Waals surface area contributed by atoms with E-state index < -0.39 is 17.8 Å². The van der Waals surface area contributed by atoms with Gasteiger partial charge in [0.15, 0.2) is 0 Å². The zero-order valence-corrected chi connectivity index (χ0v) is 16.0. The molecule has 0 radical (unpaired) electrons. The number of ether oxygens (including phenoxy) is 1. The lowest BCUT2D eigenvalue weighted by Crippen LogP contribution is -2.53. The zero-order valence-electron chi connectivity index (χ0n) is 16.0. The van der Waals surface area contributed by atoms with Gasteiger partial charge in [-0.05, 0) is 57.2 Å². The van der Waals surface area contributed by atoms with Gasteiger partial charge < -0.3 is 20.5 Å². The Kier molecular flexibility index (Phi) is 6.47. The molecule has 3 N–H and O–H groups in total. The number of hydrogen-bond acceptors (Lipinski definition) is 4. The predicted molar refractivity (Wildman–Crippen MR) is 99.5 cm³/mol. The van der Waals surface area contributed by atoms with Crippen LogP contribution in [0.15, 0.2) is 24.3 Å². The SMILES string of the molecule is CC(C)CCN[C@H]1c2ccccc2C[C@@H](NC(=O)OC(C)(C)C)[C@H]1O. The van der Waals surface area contributed by atoms with E-state index in [2.05, 4.69) is 36.6 Å². The molecule has 0 fully saturated rings. The summed E-state index contributed by atoms with van der Waals surface area (Å²) >= 11 is 0. The highest BCUT2D eigenvalue weighted by molar-refractivity contribution is 5.68. The smallest absolute Gasteiger partial charge is 0.407 e. The Hall–Kier alpha value is -1.59. The second kappa shape index (κ2) is 8.19. The van der Waals surface area contributed by atoms with Gasteiger partial charge in [-0.25, -0.2) is 4.79 Å². The molecule has 0 aliphatic heterocycles. The lowest BCUT2D eigenvalue weighted by molar-refractivity contribution is 0.0343. The van der Waals surface area contributed by atoms with Crippen LogP contribution < -0.4 is 10.6 Å². The van der Waals surface area contributed by atoms with E-state index in [0.717, 1.165) is 24.1 Å². The summed E-state index contributed by atoms with van der Waals surface area (Å²) in [5, 5.41) is 17.2. The molecule has 1 aliphatic rings. The fourth-order valence-electron chi connectivity index (χ4n) is 3.15. The molecule has 0 saturated carbocycles. The molecule has 0 unspecified atom stereocenters. The minimum Gasteiger partial charge on any atom is -0.444 e. The van der Waals surface area contributed by atoms with Gasteiger partial charge in [0.05, 0.1) is 18.2 Å². The molecule has 25 heavy (non-hydrogen) atoms. The fraction of sp³-hybridized carbons (Fsp3) is 0.650. The van der Waals surface area contributed by atoms with Gasteiger partial charge in [-0.15, -0.1) is 0 Å². The minimum absolute atomic E-state index is 0.191. The number of nitrogens with one attached hydrogen (secondary N) is 2. The van der Waals surface area contributed by atoms with Crippen LogP contribution in [0.3, 0.4) is 0 Å². The van der Waals surface area contributed by atoms with Gasteiger partial charge >= 0.3 is 6.09 Å².